The monoisotopic (exact) mass is 296 g/mol. The van der Waals surface area contributed by atoms with E-state index >= 15 is 0 Å². The molecule has 4 nitrogen and oxygen atoms in total. The minimum Gasteiger partial charge on any atom is -0.439 e. The molecule has 1 heterocycles. The van der Waals surface area contributed by atoms with E-state index in [1.54, 1.807) is 19.1 Å². The molecular weight excluding hydrogens is 283 g/mol. The van der Waals surface area contributed by atoms with Crippen molar-refractivity contribution >= 4 is 11.6 Å². The molecule has 0 spiro atoms. The Morgan fingerprint density at radius 1 is 1.25 bits per heavy atom. The van der Waals surface area contributed by atoms with Crippen molar-refractivity contribution in [3.8, 4) is 11.6 Å². The average molecular weight is 297 g/mol. The lowest BCUT2D eigenvalue weighted by molar-refractivity contribution is 0.128. The third-order valence-corrected chi connectivity index (χ3v) is 2.71. The predicted molar refractivity (Wildman–Crippen MR) is 73.6 cm³/mol. The summed E-state index contributed by atoms with van der Waals surface area (Å²) >= 11 is 5.89. The predicted octanol–water partition coefficient (Wildman–Crippen LogP) is 3.91. The Balaban J connectivity index is 2.19. The van der Waals surface area contributed by atoms with Gasteiger partial charge in [0.15, 0.2) is 5.82 Å². The second kappa shape index (κ2) is 6.63. The van der Waals surface area contributed by atoms with Crippen LogP contribution in [-0.2, 0) is 11.3 Å². The van der Waals surface area contributed by atoms with Crippen LogP contribution in [-0.4, -0.2) is 16.6 Å². The number of nitrogens with zero attached hydrogens (tertiary/aromatic N) is 2. The maximum absolute atomic E-state index is 13.4. The van der Waals surface area contributed by atoms with Gasteiger partial charge in [-0.15, -0.1) is 0 Å². The van der Waals surface area contributed by atoms with Crippen LogP contribution in [0.5, 0.6) is 11.6 Å². The highest BCUT2D eigenvalue weighted by Crippen LogP contribution is 2.23. The van der Waals surface area contributed by atoms with Gasteiger partial charge in [0.05, 0.1) is 0 Å². The number of ether oxygens (including phenoxy) is 2. The summed E-state index contributed by atoms with van der Waals surface area (Å²) in [5.74, 6) is 0.687. The second-order valence-corrected chi connectivity index (χ2v) is 4.48. The average Bonchev–Trinajstić information content (AvgIpc) is 2.40. The number of hydrogen-bond donors (Lipinski definition) is 0. The third kappa shape index (κ3) is 3.88. The first-order valence-electron chi connectivity index (χ1n) is 6.13. The summed E-state index contributed by atoms with van der Waals surface area (Å²) in [7, 11) is 0. The van der Waals surface area contributed by atoms with Gasteiger partial charge in [-0.2, -0.15) is 4.98 Å². The van der Waals surface area contributed by atoms with E-state index in [0.29, 0.717) is 23.7 Å². The van der Waals surface area contributed by atoms with Crippen molar-refractivity contribution < 1.29 is 13.9 Å². The van der Waals surface area contributed by atoms with Crippen LogP contribution in [0.2, 0.25) is 5.15 Å². The number of aromatic nitrogens is 2. The number of rotatable bonds is 5. The summed E-state index contributed by atoms with van der Waals surface area (Å²) in [6.45, 7) is 4.35. The highest BCUT2D eigenvalue weighted by Gasteiger charge is 2.07. The van der Waals surface area contributed by atoms with E-state index in [4.69, 9.17) is 21.1 Å². The first-order valence-corrected chi connectivity index (χ1v) is 6.51. The van der Waals surface area contributed by atoms with E-state index in [1.165, 1.54) is 12.1 Å². The van der Waals surface area contributed by atoms with Gasteiger partial charge in [0.25, 0.3) is 0 Å². The summed E-state index contributed by atoms with van der Waals surface area (Å²) in [5.41, 5.74) is 0.551. The molecule has 1 aromatic carbocycles. The molecule has 0 atom stereocenters. The lowest BCUT2D eigenvalue weighted by Gasteiger charge is -2.08. The van der Waals surface area contributed by atoms with Crippen LogP contribution in [0.25, 0.3) is 0 Å². The Hall–Kier alpha value is -1.72. The molecule has 1 aromatic heterocycles. The molecule has 0 bridgehead atoms. The maximum Gasteiger partial charge on any atom is 0.224 e. The Morgan fingerprint density at radius 3 is 2.75 bits per heavy atom. The zero-order chi connectivity index (χ0) is 14.5. The largest absolute Gasteiger partial charge is 0.439 e. The number of hydrogen-bond acceptors (Lipinski definition) is 4. The molecule has 2 rings (SSSR count). The molecule has 0 saturated carbocycles. The fourth-order valence-corrected chi connectivity index (χ4v) is 1.70. The molecule has 2 aromatic rings. The maximum atomic E-state index is 13.4. The third-order valence-electron chi connectivity index (χ3n) is 2.52. The van der Waals surface area contributed by atoms with Gasteiger partial charge >= 0.3 is 0 Å². The van der Waals surface area contributed by atoms with Crippen molar-refractivity contribution in [2.75, 3.05) is 6.61 Å². The van der Waals surface area contributed by atoms with Crippen molar-refractivity contribution in [2.45, 2.75) is 20.5 Å². The first kappa shape index (κ1) is 14.7. The smallest absolute Gasteiger partial charge is 0.224 e. The fourth-order valence-electron chi connectivity index (χ4n) is 1.51. The summed E-state index contributed by atoms with van der Waals surface area (Å²) < 4.78 is 24.1. The molecule has 6 heteroatoms. The summed E-state index contributed by atoms with van der Waals surface area (Å²) in [6.07, 6.45) is 0. The van der Waals surface area contributed by atoms with E-state index in [1.807, 2.05) is 6.92 Å². The Morgan fingerprint density at radius 2 is 2.05 bits per heavy atom. The molecule has 0 N–H and O–H groups in total. The fraction of sp³-hybridized carbons (Fsp3) is 0.286. The van der Waals surface area contributed by atoms with Crippen LogP contribution >= 0.6 is 11.6 Å². The molecule has 0 fully saturated rings. The zero-order valence-electron chi connectivity index (χ0n) is 11.2. The molecule has 0 amide bonds. The van der Waals surface area contributed by atoms with Gasteiger partial charge in [0.2, 0.25) is 5.88 Å². The van der Waals surface area contributed by atoms with E-state index in [0.717, 1.165) is 0 Å². The van der Waals surface area contributed by atoms with Crippen LogP contribution in [0, 0.1) is 12.7 Å². The van der Waals surface area contributed by atoms with Crippen molar-refractivity contribution in [3.05, 3.63) is 46.6 Å². The molecule has 106 valence electrons. The molecule has 0 aliphatic rings. The van der Waals surface area contributed by atoms with Gasteiger partial charge in [-0.05, 0) is 25.5 Å². The second-order valence-electron chi connectivity index (χ2n) is 4.10. The summed E-state index contributed by atoms with van der Waals surface area (Å²) in [4.78, 5) is 8.17. The van der Waals surface area contributed by atoms with Crippen molar-refractivity contribution in [1.29, 1.82) is 0 Å². The van der Waals surface area contributed by atoms with Crippen molar-refractivity contribution in [3.63, 3.8) is 0 Å². The van der Waals surface area contributed by atoms with Crippen LogP contribution < -0.4 is 4.74 Å². The normalized spacial score (nSPS) is 10.6. The molecule has 0 radical (unpaired) electrons. The molecule has 0 aliphatic carbocycles. The molecule has 0 aliphatic heterocycles. The van der Waals surface area contributed by atoms with Crippen LogP contribution in [0.3, 0.4) is 0 Å². The molecular formula is C14H14ClFN2O2. The van der Waals surface area contributed by atoms with E-state index in [-0.39, 0.29) is 23.5 Å². The van der Waals surface area contributed by atoms with Crippen molar-refractivity contribution in [1.82, 2.24) is 9.97 Å². The van der Waals surface area contributed by atoms with Crippen molar-refractivity contribution in [2.24, 2.45) is 0 Å². The highest BCUT2D eigenvalue weighted by molar-refractivity contribution is 6.29. The first-order chi connectivity index (χ1) is 9.58. The Labute approximate surface area is 121 Å². The van der Waals surface area contributed by atoms with Crippen LogP contribution in [0.1, 0.15) is 18.3 Å². The highest BCUT2D eigenvalue weighted by atomic mass is 35.5. The molecule has 0 saturated heterocycles. The molecule has 20 heavy (non-hydrogen) atoms. The number of aryl methyl sites for hydroxylation is 1. The van der Waals surface area contributed by atoms with Crippen LogP contribution in [0.15, 0.2) is 24.3 Å². The van der Waals surface area contributed by atoms with Gasteiger partial charge in [0, 0.05) is 18.7 Å². The standard InChI is InChI=1S/C14H14ClFN2O2/c1-3-19-8-13-17-12(15)7-14(18-13)20-10-5-4-9(2)11(16)6-10/h4-7H,3,8H2,1-2H3. The van der Waals surface area contributed by atoms with Gasteiger partial charge in [0.1, 0.15) is 23.3 Å². The van der Waals surface area contributed by atoms with Gasteiger partial charge < -0.3 is 9.47 Å². The minimum atomic E-state index is -0.336. The Bertz CT molecular complexity index is 608. The van der Waals surface area contributed by atoms with Crippen LogP contribution in [0.4, 0.5) is 4.39 Å². The number of benzene rings is 1. The minimum absolute atomic E-state index is 0.246. The van der Waals surface area contributed by atoms with Gasteiger partial charge in [-0.1, -0.05) is 17.7 Å². The zero-order valence-corrected chi connectivity index (χ0v) is 11.9. The van der Waals surface area contributed by atoms with Gasteiger partial charge in [-0.25, -0.2) is 9.37 Å². The summed E-state index contributed by atoms with van der Waals surface area (Å²) in [6, 6.07) is 6.06. The SMILES string of the molecule is CCOCc1nc(Cl)cc(Oc2ccc(C)c(F)c2)n1. The Kier molecular flexibility index (Phi) is 4.87. The quantitative estimate of drug-likeness (QED) is 0.785. The summed E-state index contributed by atoms with van der Waals surface area (Å²) in [5, 5.41) is 0.247. The lowest BCUT2D eigenvalue weighted by atomic mass is 10.2. The molecule has 0 unspecified atom stereocenters. The topological polar surface area (TPSA) is 44.2 Å². The van der Waals surface area contributed by atoms with E-state index < -0.39 is 0 Å². The number of halogens is 2. The van der Waals surface area contributed by atoms with E-state index in [2.05, 4.69) is 9.97 Å². The van der Waals surface area contributed by atoms with Gasteiger partial charge in [-0.3, -0.25) is 0 Å². The lowest BCUT2D eigenvalue weighted by Crippen LogP contribution is -2.01. The van der Waals surface area contributed by atoms with E-state index in [9.17, 15) is 4.39 Å².